The predicted octanol–water partition coefficient (Wildman–Crippen LogP) is 5.48. The molecule has 3 aromatic carbocycles. The number of ether oxygens (including phenoxy) is 1. The molecule has 0 spiro atoms. The summed E-state index contributed by atoms with van der Waals surface area (Å²) in [6.45, 7) is 6.14. The Bertz CT molecular complexity index is 1580. The first-order valence-corrected chi connectivity index (χ1v) is 12.8. The molecule has 0 aliphatic carbocycles. The van der Waals surface area contributed by atoms with Crippen LogP contribution in [0.2, 0.25) is 0 Å². The number of para-hydroxylation sites is 1. The molecular formula is C31H31N3O5. The van der Waals surface area contributed by atoms with Crippen molar-refractivity contribution in [3.8, 4) is 11.4 Å². The Kier molecular flexibility index (Phi) is 6.64. The van der Waals surface area contributed by atoms with Crippen molar-refractivity contribution in [2.45, 2.75) is 39.3 Å². The van der Waals surface area contributed by atoms with E-state index in [9.17, 15) is 19.5 Å². The van der Waals surface area contributed by atoms with Crippen molar-refractivity contribution in [1.82, 2.24) is 9.47 Å². The van der Waals surface area contributed by atoms with E-state index in [-0.39, 0.29) is 11.3 Å². The Labute approximate surface area is 227 Å². The van der Waals surface area contributed by atoms with Gasteiger partial charge in [0.2, 0.25) is 0 Å². The molecule has 200 valence electrons. The van der Waals surface area contributed by atoms with E-state index in [1.165, 1.54) is 11.0 Å². The van der Waals surface area contributed by atoms with Gasteiger partial charge >= 0.3 is 6.09 Å². The van der Waals surface area contributed by atoms with Crippen molar-refractivity contribution in [3.63, 3.8) is 0 Å². The third kappa shape index (κ3) is 4.97. The summed E-state index contributed by atoms with van der Waals surface area (Å²) in [5.41, 5.74) is 3.05. The van der Waals surface area contributed by atoms with Gasteiger partial charge in [-0.2, -0.15) is 0 Å². The number of anilines is 1. The molecule has 8 heteroatoms. The lowest BCUT2D eigenvalue weighted by Gasteiger charge is -2.25. The van der Waals surface area contributed by atoms with Crippen molar-refractivity contribution in [2.24, 2.45) is 0 Å². The normalized spacial score (nSPS) is 12.9. The van der Waals surface area contributed by atoms with E-state index in [1.807, 2.05) is 63.2 Å². The van der Waals surface area contributed by atoms with Gasteiger partial charge in [-0.15, -0.1) is 0 Å². The van der Waals surface area contributed by atoms with Crippen molar-refractivity contribution in [2.75, 3.05) is 18.5 Å². The summed E-state index contributed by atoms with van der Waals surface area (Å²) in [6, 6.07) is 20.0. The van der Waals surface area contributed by atoms with Crippen LogP contribution in [0.25, 0.3) is 16.6 Å². The zero-order valence-electron chi connectivity index (χ0n) is 22.5. The number of aromatic hydroxyl groups is 1. The molecule has 1 aromatic heterocycles. The molecule has 5 rings (SSSR count). The summed E-state index contributed by atoms with van der Waals surface area (Å²) in [5.74, 6) is -1.25. The Hall–Kier alpha value is -4.59. The van der Waals surface area contributed by atoms with E-state index < -0.39 is 23.4 Å². The van der Waals surface area contributed by atoms with E-state index in [0.29, 0.717) is 41.8 Å². The number of benzene rings is 3. The van der Waals surface area contributed by atoms with Gasteiger partial charge in [-0.3, -0.25) is 14.5 Å². The van der Waals surface area contributed by atoms with Crippen molar-refractivity contribution in [1.29, 1.82) is 0 Å². The lowest BCUT2D eigenvalue weighted by atomic mass is 10.1. The highest BCUT2D eigenvalue weighted by Gasteiger charge is 2.33. The summed E-state index contributed by atoms with van der Waals surface area (Å²) in [4.78, 5) is 42.5. The van der Waals surface area contributed by atoms with Gasteiger partial charge in [0.15, 0.2) is 0 Å². The van der Waals surface area contributed by atoms with Crippen LogP contribution in [0.5, 0.6) is 5.75 Å². The van der Waals surface area contributed by atoms with Crippen LogP contribution in [0.4, 0.5) is 10.5 Å². The molecule has 0 fully saturated rings. The first-order chi connectivity index (χ1) is 18.5. The summed E-state index contributed by atoms with van der Waals surface area (Å²) in [7, 11) is 1.60. The van der Waals surface area contributed by atoms with E-state index in [2.05, 4.69) is 0 Å². The second-order valence-electron chi connectivity index (χ2n) is 10.7. The Morgan fingerprint density at radius 2 is 1.67 bits per heavy atom. The molecular weight excluding hydrogens is 494 g/mol. The summed E-state index contributed by atoms with van der Waals surface area (Å²) < 4.78 is 7.32. The van der Waals surface area contributed by atoms with Gasteiger partial charge in [0.05, 0.1) is 22.5 Å². The van der Waals surface area contributed by atoms with E-state index in [4.69, 9.17) is 4.74 Å². The topological polar surface area (TPSA) is 92.1 Å². The van der Waals surface area contributed by atoms with E-state index in [0.717, 1.165) is 11.1 Å². The number of amides is 2. The molecule has 2 heterocycles. The number of hydrogen-bond donors (Lipinski definition) is 1. The Balaban J connectivity index is 1.54. The Morgan fingerprint density at radius 3 is 2.38 bits per heavy atom. The zero-order chi connectivity index (χ0) is 27.9. The second-order valence-corrected chi connectivity index (χ2v) is 10.7. The maximum atomic E-state index is 13.5. The summed E-state index contributed by atoms with van der Waals surface area (Å²) in [6.07, 6.45) is 1.64. The average Bonchev–Trinajstić information content (AvgIpc) is 3.50. The average molecular weight is 526 g/mol. The highest BCUT2D eigenvalue weighted by molar-refractivity contribution is 6.44. The number of carbonyl (C=O) groups is 3. The van der Waals surface area contributed by atoms with Crippen LogP contribution in [-0.4, -0.2) is 51.6 Å². The number of hydrogen-bond acceptors (Lipinski definition) is 5. The number of nitrogens with zero attached hydrogens (tertiary/aromatic N) is 3. The quantitative estimate of drug-likeness (QED) is 0.275. The highest BCUT2D eigenvalue weighted by atomic mass is 16.6. The van der Waals surface area contributed by atoms with E-state index in [1.54, 1.807) is 40.9 Å². The second kappa shape index (κ2) is 9.94. The number of phenols is 1. The van der Waals surface area contributed by atoms with Crippen molar-refractivity contribution < 1.29 is 24.2 Å². The van der Waals surface area contributed by atoms with Gasteiger partial charge in [-0.25, -0.2) is 4.79 Å². The van der Waals surface area contributed by atoms with Crippen LogP contribution in [-0.2, 0) is 22.5 Å². The minimum absolute atomic E-state index is 0.00654. The van der Waals surface area contributed by atoms with Crippen LogP contribution >= 0.6 is 0 Å². The zero-order valence-corrected chi connectivity index (χ0v) is 22.5. The molecule has 0 atom stereocenters. The molecule has 1 aliphatic rings. The molecule has 8 nitrogen and oxygen atoms in total. The summed E-state index contributed by atoms with van der Waals surface area (Å²) in [5, 5.41) is 11.6. The minimum Gasteiger partial charge on any atom is -0.506 e. The van der Waals surface area contributed by atoms with Crippen LogP contribution in [0, 0.1) is 0 Å². The fraction of sp³-hybridized carbons (Fsp3) is 0.258. The standard InChI is InChI=1S/C31H31N3O5/c1-31(2,3)39-30(38)33-17-16-22-25(33)14-15-26(35)27(22)34-19-23(21-12-8-9-13-24(21)34)28(36)29(37)32(4)18-20-10-6-5-7-11-20/h5-15,19,35H,16-18H2,1-4H3. The summed E-state index contributed by atoms with van der Waals surface area (Å²) >= 11 is 0. The van der Waals surface area contributed by atoms with Gasteiger partial charge in [-0.05, 0) is 51.0 Å². The van der Waals surface area contributed by atoms with Gasteiger partial charge < -0.3 is 19.3 Å². The number of Topliss-reactive ketones (excluding diaryl/α,β-unsaturated/α-hetero) is 1. The van der Waals surface area contributed by atoms with Gasteiger partial charge in [-0.1, -0.05) is 48.5 Å². The molecule has 0 radical (unpaired) electrons. The van der Waals surface area contributed by atoms with Crippen LogP contribution < -0.4 is 4.90 Å². The number of rotatable bonds is 5. The number of carbonyl (C=O) groups excluding carboxylic acids is 3. The monoisotopic (exact) mass is 525 g/mol. The fourth-order valence-electron chi connectivity index (χ4n) is 5.00. The molecule has 0 bridgehead atoms. The minimum atomic E-state index is -0.647. The molecule has 0 saturated carbocycles. The molecule has 0 unspecified atom stereocenters. The SMILES string of the molecule is CN(Cc1ccccc1)C(=O)C(=O)c1cn(-c2c(O)ccc3c2CCN3C(=O)OC(C)(C)C)c2ccccc12. The highest BCUT2D eigenvalue weighted by Crippen LogP contribution is 2.40. The molecule has 0 saturated heterocycles. The first kappa shape index (κ1) is 26.0. The maximum absolute atomic E-state index is 13.5. The van der Waals surface area contributed by atoms with Crippen LogP contribution in [0.3, 0.4) is 0 Å². The fourth-order valence-corrected chi connectivity index (χ4v) is 5.00. The maximum Gasteiger partial charge on any atom is 0.414 e. The number of likely N-dealkylation sites (N-methyl/N-ethyl adjacent to an activating group) is 1. The number of phenolic OH excluding ortho intramolecular Hbond substituents is 1. The van der Waals surface area contributed by atoms with Gasteiger partial charge in [0.1, 0.15) is 11.4 Å². The van der Waals surface area contributed by atoms with Crippen LogP contribution in [0.1, 0.15) is 42.3 Å². The van der Waals surface area contributed by atoms with Crippen molar-refractivity contribution >= 4 is 34.4 Å². The van der Waals surface area contributed by atoms with Crippen molar-refractivity contribution in [3.05, 3.63) is 89.6 Å². The molecule has 39 heavy (non-hydrogen) atoms. The predicted molar refractivity (Wildman–Crippen MR) is 149 cm³/mol. The third-order valence-electron chi connectivity index (χ3n) is 6.73. The van der Waals surface area contributed by atoms with Gasteiger partial charge in [0, 0.05) is 37.3 Å². The smallest absolute Gasteiger partial charge is 0.414 e. The lowest BCUT2D eigenvalue weighted by Crippen LogP contribution is -2.35. The van der Waals surface area contributed by atoms with Gasteiger partial charge in [0.25, 0.3) is 11.7 Å². The van der Waals surface area contributed by atoms with Crippen LogP contribution in [0.15, 0.2) is 72.9 Å². The third-order valence-corrected chi connectivity index (χ3v) is 6.73. The number of fused-ring (bicyclic) bond motifs is 2. The lowest BCUT2D eigenvalue weighted by molar-refractivity contribution is -0.125. The first-order valence-electron chi connectivity index (χ1n) is 12.8. The largest absolute Gasteiger partial charge is 0.506 e. The van der Waals surface area contributed by atoms with E-state index >= 15 is 0 Å². The number of aromatic nitrogens is 1. The molecule has 1 N–H and O–H groups in total. The Morgan fingerprint density at radius 1 is 0.974 bits per heavy atom. The molecule has 4 aromatic rings. The molecule has 1 aliphatic heterocycles. The number of ketones is 1. The molecule has 2 amide bonds.